The molecule has 10 nitrogen and oxygen atoms in total. The summed E-state index contributed by atoms with van der Waals surface area (Å²) in [6, 6.07) is 8.75. The fourth-order valence-electron chi connectivity index (χ4n) is 5.96. The number of hydrogen-bond donors (Lipinski definition) is 1. The van der Waals surface area contributed by atoms with Crippen molar-refractivity contribution in [3.8, 4) is 22.8 Å². The number of H-pyrrole nitrogens is 1. The minimum absolute atomic E-state index is 0.111. The van der Waals surface area contributed by atoms with Gasteiger partial charge in [-0.3, -0.25) is 14.6 Å². The van der Waals surface area contributed by atoms with Gasteiger partial charge >= 0.3 is 6.09 Å². The average Bonchev–Trinajstić information content (AvgIpc) is 3.70. The van der Waals surface area contributed by atoms with Crippen LogP contribution in [0, 0.1) is 12.8 Å². The van der Waals surface area contributed by atoms with Crippen molar-refractivity contribution in [3.63, 3.8) is 0 Å². The quantitative estimate of drug-likeness (QED) is 0.199. The Morgan fingerprint density at radius 2 is 1.91 bits per heavy atom. The first-order valence-electron chi connectivity index (χ1n) is 14.9. The van der Waals surface area contributed by atoms with E-state index in [1.807, 2.05) is 70.2 Å². The number of aromatic nitrogens is 6. The number of imidazole rings is 1. The number of nitrogens with zero attached hydrogens (tertiary/aromatic N) is 6. The van der Waals surface area contributed by atoms with Gasteiger partial charge < -0.3 is 14.5 Å². The molecule has 5 aromatic rings. The zero-order chi connectivity index (χ0) is 31.5. The van der Waals surface area contributed by atoms with Crippen LogP contribution in [-0.2, 0) is 11.3 Å². The van der Waals surface area contributed by atoms with Gasteiger partial charge in [0.05, 0.1) is 46.2 Å². The Morgan fingerprint density at radius 3 is 2.69 bits per heavy atom. The predicted molar refractivity (Wildman–Crippen MR) is 164 cm³/mol. The van der Waals surface area contributed by atoms with Crippen molar-refractivity contribution in [2.24, 2.45) is 5.92 Å². The van der Waals surface area contributed by atoms with Crippen LogP contribution in [0.1, 0.15) is 51.0 Å². The van der Waals surface area contributed by atoms with Gasteiger partial charge in [-0.1, -0.05) is 12.2 Å². The van der Waals surface area contributed by atoms with E-state index in [1.165, 1.54) is 0 Å². The summed E-state index contributed by atoms with van der Waals surface area (Å²) in [7, 11) is 0. The summed E-state index contributed by atoms with van der Waals surface area (Å²) in [5, 5.41) is 4.40. The lowest BCUT2D eigenvalue weighted by Crippen LogP contribution is -2.37. The zero-order valence-electron chi connectivity index (χ0n) is 25.4. The van der Waals surface area contributed by atoms with Crippen LogP contribution in [0.5, 0.6) is 11.5 Å². The van der Waals surface area contributed by atoms with Gasteiger partial charge in [-0.15, -0.1) is 0 Å². The number of nitrogens with one attached hydrogen (secondary N) is 1. The number of aryl methyl sites for hydroxylation is 1. The van der Waals surface area contributed by atoms with E-state index >= 15 is 0 Å². The van der Waals surface area contributed by atoms with Crippen LogP contribution in [0.2, 0.25) is 0 Å². The van der Waals surface area contributed by atoms with Crippen LogP contribution in [-0.4, -0.2) is 58.8 Å². The second-order valence-corrected chi connectivity index (χ2v) is 12.8. The van der Waals surface area contributed by atoms with Gasteiger partial charge in [-0.25, -0.2) is 23.5 Å². The molecule has 1 N–H and O–H groups in total. The van der Waals surface area contributed by atoms with E-state index < -0.39 is 23.7 Å². The highest BCUT2D eigenvalue weighted by Gasteiger charge is 2.45. The molecule has 1 unspecified atom stereocenters. The fourth-order valence-corrected chi connectivity index (χ4v) is 5.96. The maximum atomic E-state index is 13.4. The highest BCUT2D eigenvalue weighted by atomic mass is 19.3. The standard InChI is InChI=1S/C33H33F2N7O3/c1-19-38-23-8-7-22(12-25(23)39-19)44-28-10-9-24-30(29(28)27-6-5-11-42(27)31(43)45-32(2,3)4)40-26(16-36-24)21-15-37-41(18-21)17-20-13-33(34,35)14-20/h5-10,12,15-16,18,20,27H,11,13-14,17H2,1-4H3,(H,38,39). The first-order chi connectivity index (χ1) is 21.4. The number of fused-ring (bicyclic) bond motifs is 2. The van der Waals surface area contributed by atoms with Crippen LogP contribution >= 0.6 is 0 Å². The molecule has 45 heavy (non-hydrogen) atoms. The second-order valence-electron chi connectivity index (χ2n) is 12.8. The molecule has 1 aliphatic heterocycles. The molecule has 1 fully saturated rings. The van der Waals surface area contributed by atoms with E-state index in [2.05, 4.69) is 15.1 Å². The van der Waals surface area contributed by atoms with Crippen molar-refractivity contribution < 1.29 is 23.0 Å². The van der Waals surface area contributed by atoms with Crippen LogP contribution in [0.4, 0.5) is 13.6 Å². The molecular formula is C33H33F2N7O3. The lowest BCUT2D eigenvalue weighted by atomic mass is 9.81. The van der Waals surface area contributed by atoms with Gasteiger partial charge in [0.25, 0.3) is 0 Å². The third-order valence-electron chi connectivity index (χ3n) is 7.94. The maximum absolute atomic E-state index is 13.4. The van der Waals surface area contributed by atoms with E-state index in [4.69, 9.17) is 19.4 Å². The number of carbonyl (C=O) groups is 1. The van der Waals surface area contributed by atoms with Crippen molar-refractivity contribution >= 4 is 28.2 Å². The minimum atomic E-state index is -2.58. The monoisotopic (exact) mass is 613 g/mol. The third kappa shape index (κ3) is 5.84. The number of ether oxygens (including phenoxy) is 2. The van der Waals surface area contributed by atoms with Gasteiger partial charge in [-0.05, 0) is 57.9 Å². The predicted octanol–water partition coefficient (Wildman–Crippen LogP) is 7.36. The summed E-state index contributed by atoms with van der Waals surface area (Å²) >= 11 is 0. The average molecular weight is 614 g/mol. The molecule has 232 valence electrons. The van der Waals surface area contributed by atoms with E-state index in [0.29, 0.717) is 52.4 Å². The smallest absolute Gasteiger partial charge is 0.411 e. The molecule has 1 atom stereocenters. The number of amides is 1. The molecule has 1 saturated carbocycles. The molecule has 4 heterocycles. The Balaban J connectivity index is 1.29. The van der Waals surface area contributed by atoms with Gasteiger partial charge in [-0.2, -0.15) is 5.10 Å². The fraction of sp³-hybridized carbons (Fsp3) is 0.364. The van der Waals surface area contributed by atoms with Crippen LogP contribution in [0.3, 0.4) is 0 Å². The molecule has 0 radical (unpaired) electrons. The number of rotatable bonds is 6. The van der Waals surface area contributed by atoms with Crippen molar-refractivity contribution in [3.05, 3.63) is 72.5 Å². The first-order valence-corrected chi connectivity index (χ1v) is 14.9. The van der Waals surface area contributed by atoms with E-state index in [0.717, 1.165) is 16.9 Å². The topological polar surface area (TPSA) is 111 Å². The molecule has 1 amide bonds. The molecule has 1 aliphatic carbocycles. The lowest BCUT2D eigenvalue weighted by molar-refractivity contribution is -0.114. The van der Waals surface area contributed by atoms with Crippen LogP contribution in [0.15, 0.2) is 61.1 Å². The molecule has 0 bridgehead atoms. The van der Waals surface area contributed by atoms with Crippen LogP contribution in [0.25, 0.3) is 33.3 Å². The van der Waals surface area contributed by atoms with Crippen molar-refractivity contribution in [2.45, 2.75) is 64.6 Å². The number of halogens is 2. The van der Waals surface area contributed by atoms with E-state index in [-0.39, 0.29) is 18.8 Å². The van der Waals surface area contributed by atoms with E-state index in [1.54, 1.807) is 28.2 Å². The van der Waals surface area contributed by atoms with Crippen molar-refractivity contribution in [1.29, 1.82) is 0 Å². The number of alkyl halides is 2. The molecule has 2 aliphatic rings. The Bertz CT molecular complexity index is 1950. The molecule has 0 spiro atoms. The number of hydrogen-bond acceptors (Lipinski definition) is 7. The zero-order valence-corrected chi connectivity index (χ0v) is 25.4. The SMILES string of the molecule is Cc1nc2ccc(Oc3ccc4ncc(-c5cnn(CC6CC(F)(F)C6)c5)nc4c3C3C=CCN3C(=O)OC(C)(C)C)cc2[nH]1. The summed E-state index contributed by atoms with van der Waals surface area (Å²) in [5.74, 6) is -0.791. The summed E-state index contributed by atoms with van der Waals surface area (Å²) in [6.45, 7) is 8.16. The van der Waals surface area contributed by atoms with Crippen LogP contribution < -0.4 is 4.74 Å². The number of carbonyl (C=O) groups excluding carboxylic acids is 1. The van der Waals surface area contributed by atoms with Gasteiger partial charge in [0.2, 0.25) is 5.92 Å². The highest BCUT2D eigenvalue weighted by molar-refractivity contribution is 5.85. The maximum Gasteiger partial charge on any atom is 0.411 e. The van der Waals surface area contributed by atoms with Gasteiger partial charge in [0.15, 0.2) is 0 Å². The molecule has 2 aromatic carbocycles. The Kier molecular flexibility index (Phi) is 6.83. The molecule has 0 saturated heterocycles. The Hall–Kier alpha value is -4.87. The Labute approximate surface area is 258 Å². The molecule has 7 rings (SSSR count). The molecule has 3 aromatic heterocycles. The van der Waals surface area contributed by atoms with Gasteiger partial charge in [0.1, 0.15) is 22.9 Å². The Morgan fingerprint density at radius 1 is 1.11 bits per heavy atom. The van der Waals surface area contributed by atoms with Gasteiger partial charge in [0, 0.05) is 49.3 Å². The van der Waals surface area contributed by atoms with Crippen molar-refractivity contribution in [2.75, 3.05) is 6.54 Å². The largest absolute Gasteiger partial charge is 0.457 e. The van der Waals surface area contributed by atoms with Crippen molar-refractivity contribution in [1.82, 2.24) is 34.6 Å². The third-order valence-corrected chi connectivity index (χ3v) is 7.94. The summed E-state index contributed by atoms with van der Waals surface area (Å²) in [4.78, 5) is 32.4. The normalized spacial score (nSPS) is 18.1. The molecule has 12 heteroatoms. The summed E-state index contributed by atoms with van der Waals surface area (Å²) in [6.07, 6.45) is 8.28. The number of aromatic amines is 1. The highest BCUT2D eigenvalue weighted by Crippen LogP contribution is 2.43. The number of benzene rings is 2. The first kappa shape index (κ1) is 28.9. The summed E-state index contributed by atoms with van der Waals surface area (Å²) in [5.41, 5.74) is 4.09. The summed E-state index contributed by atoms with van der Waals surface area (Å²) < 4.78 is 40.7. The minimum Gasteiger partial charge on any atom is -0.457 e. The lowest BCUT2D eigenvalue weighted by Gasteiger charge is -2.34. The van der Waals surface area contributed by atoms with E-state index in [9.17, 15) is 13.6 Å². The molecular weight excluding hydrogens is 580 g/mol. The second kappa shape index (κ2) is 10.6.